The van der Waals surface area contributed by atoms with Gasteiger partial charge in [0.1, 0.15) is 0 Å². The zero-order valence-corrected chi connectivity index (χ0v) is 13.6. The Morgan fingerprint density at radius 1 is 1.17 bits per heavy atom. The van der Waals surface area contributed by atoms with Gasteiger partial charge in [-0.3, -0.25) is 19.8 Å². The van der Waals surface area contributed by atoms with Crippen LogP contribution in [0.2, 0.25) is 0 Å². The number of nitrogens with one attached hydrogen (secondary N) is 3. The minimum atomic E-state index is -0.197. The Balaban J connectivity index is 1.83. The number of benzene rings is 1. The predicted molar refractivity (Wildman–Crippen MR) is 88.4 cm³/mol. The van der Waals surface area contributed by atoms with Gasteiger partial charge in [-0.2, -0.15) is 0 Å². The van der Waals surface area contributed by atoms with Crippen molar-refractivity contribution >= 4 is 23.4 Å². The van der Waals surface area contributed by atoms with E-state index in [1.807, 2.05) is 0 Å². The quantitative estimate of drug-likeness (QED) is 0.572. The summed E-state index contributed by atoms with van der Waals surface area (Å²) in [7, 11) is 1.63. The Labute approximate surface area is 140 Å². The van der Waals surface area contributed by atoms with E-state index in [0.29, 0.717) is 30.9 Å². The number of nitrogens with zero attached hydrogens (tertiary/aromatic N) is 1. The minimum absolute atomic E-state index is 0.172. The molecule has 0 spiro atoms. The van der Waals surface area contributed by atoms with Crippen molar-refractivity contribution < 1.29 is 19.1 Å². The van der Waals surface area contributed by atoms with E-state index in [4.69, 9.17) is 4.74 Å². The van der Waals surface area contributed by atoms with Gasteiger partial charge in [0.15, 0.2) is 0 Å². The number of methoxy groups -OCH3 is 1. The summed E-state index contributed by atoms with van der Waals surface area (Å²) in [6.07, 6.45) is 0.387. The Kier molecular flexibility index (Phi) is 6.71. The molecule has 0 saturated carbocycles. The molecule has 24 heavy (non-hydrogen) atoms. The Morgan fingerprint density at radius 3 is 2.62 bits per heavy atom. The van der Waals surface area contributed by atoms with Gasteiger partial charge in [0.2, 0.25) is 11.8 Å². The van der Waals surface area contributed by atoms with Crippen LogP contribution in [0.5, 0.6) is 0 Å². The van der Waals surface area contributed by atoms with E-state index in [-0.39, 0.29) is 30.6 Å². The summed E-state index contributed by atoms with van der Waals surface area (Å²) in [6.45, 7) is 2.52. The van der Waals surface area contributed by atoms with Crippen LogP contribution in [0.25, 0.3) is 0 Å². The molecule has 0 atom stereocenters. The van der Waals surface area contributed by atoms with Crippen molar-refractivity contribution in [3.8, 4) is 0 Å². The van der Waals surface area contributed by atoms with Gasteiger partial charge in [-0.25, -0.2) is 5.01 Å². The van der Waals surface area contributed by atoms with Crippen molar-refractivity contribution in [2.45, 2.75) is 12.8 Å². The van der Waals surface area contributed by atoms with Crippen LogP contribution in [-0.4, -0.2) is 51.1 Å². The van der Waals surface area contributed by atoms with Crippen LogP contribution < -0.4 is 21.1 Å². The van der Waals surface area contributed by atoms with Crippen LogP contribution in [0.1, 0.15) is 23.2 Å². The molecule has 130 valence electrons. The SMILES string of the molecule is COCCNCCNC(=O)c1ccc(N2NC(=O)CCC2=O)cc1. The molecule has 3 amide bonds. The number of hydrogen-bond acceptors (Lipinski definition) is 5. The molecule has 3 N–H and O–H groups in total. The van der Waals surface area contributed by atoms with E-state index < -0.39 is 0 Å². The highest BCUT2D eigenvalue weighted by Crippen LogP contribution is 2.17. The highest BCUT2D eigenvalue weighted by molar-refractivity contribution is 6.01. The maximum atomic E-state index is 12.0. The molecule has 0 bridgehead atoms. The standard InChI is InChI=1S/C16H22N4O4/c1-24-11-10-17-8-9-18-16(23)12-2-4-13(5-3-12)20-15(22)7-6-14(21)19-20/h2-5,17H,6-11H2,1H3,(H,18,23)(H,19,21). The van der Waals surface area contributed by atoms with Gasteiger partial charge in [0, 0.05) is 45.1 Å². The highest BCUT2D eigenvalue weighted by Gasteiger charge is 2.24. The van der Waals surface area contributed by atoms with Crippen molar-refractivity contribution in [3.63, 3.8) is 0 Å². The number of hydrazine groups is 1. The van der Waals surface area contributed by atoms with E-state index >= 15 is 0 Å². The lowest BCUT2D eigenvalue weighted by molar-refractivity contribution is -0.130. The lowest BCUT2D eigenvalue weighted by Crippen LogP contribution is -2.50. The van der Waals surface area contributed by atoms with Crippen LogP contribution in [0.15, 0.2) is 24.3 Å². The first kappa shape index (κ1) is 17.9. The smallest absolute Gasteiger partial charge is 0.251 e. The van der Waals surface area contributed by atoms with Crippen LogP contribution in [0.3, 0.4) is 0 Å². The van der Waals surface area contributed by atoms with E-state index in [1.54, 1.807) is 31.4 Å². The molecule has 8 nitrogen and oxygen atoms in total. The maximum Gasteiger partial charge on any atom is 0.251 e. The van der Waals surface area contributed by atoms with Crippen LogP contribution >= 0.6 is 0 Å². The summed E-state index contributed by atoms with van der Waals surface area (Å²) in [5.74, 6) is -0.560. The molecule has 0 aromatic heterocycles. The van der Waals surface area contributed by atoms with Gasteiger partial charge in [-0.1, -0.05) is 0 Å². The molecule has 1 aromatic carbocycles. The van der Waals surface area contributed by atoms with Crippen molar-refractivity contribution in [1.29, 1.82) is 0 Å². The molecule has 0 aliphatic carbocycles. The Hall–Kier alpha value is -2.45. The van der Waals surface area contributed by atoms with Gasteiger partial charge >= 0.3 is 0 Å². The molecule has 1 saturated heterocycles. The number of anilines is 1. The fourth-order valence-electron chi connectivity index (χ4n) is 2.21. The number of carbonyl (C=O) groups excluding carboxylic acids is 3. The fraction of sp³-hybridized carbons (Fsp3) is 0.438. The average molecular weight is 334 g/mol. The first-order valence-electron chi connectivity index (χ1n) is 7.82. The zero-order valence-electron chi connectivity index (χ0n) is 13.6. The predicted octanol–water partition coefficient (Wildman–Crippen LogP) is -0.190. The van der Waals surface area contributed by atoms with E-state index in [0.717, 1.165) is 6.54 Å². The van der Waals surface area contributed by atoms with Crippen molar-refractivity contribution in [3.05, 3.63) is 29.8 Å². The first-order chi connectivity index (χ1) is 11.6. The van der Waals surface area contributed by atoms with E-state index in [9.17, 15) is 14.4 Å². The van der Waals surface area contributed by atoms with Crippen LogP contribution in [0, 0.1) is 0 Å². The van der Waals surface area contributed by atoms with E-state index in [2.05, 4.69) is 16.1 Å². The van der Waals surface area contributed by atoms with Gasteiger partial charge in [-0.05, 0) is 24.3 Å². The molecule has 2 rings (SSSR count). The van der Waals surface area contributed by atoms with Gasteiger partial charge in [0.05, 0.1) is 12.3 Å². The highest BCUT2D eigenvalue weighted by atomic mass is 16.5. The Bertz CT molecular complexity index is 588. The maximum absolute atomic E-state index is 12.0. The summed E-state index contributed by atoms with van der Waals surface area (Å²) in [4.78, 5) is 35.2. The summed E-state index contributed by atoms with van der Waals surface area (Å²) in [5.41, 5.74) is 3.54. The lowest BCUT2D eigenvalue weighted by atomic mass is 10.1. The minimum Gasteiger partial charge on any atom is -0.383 e. The zero-order chi connectivity index (χ0) is 17.4. The van der Waals surface area contributed by atoms with Gasteiger partial charge < -0.3 is 15.4 Å². The molecule has 1 aliphatic rings. The third-order valence-electron chi connectivity index (χ3n) is 3.51. The number of amides is 3. The summed E-state index contributed by atoms with van der Waals surface area (Å²) in [5, 5.41) is 7.14. The Morgan fingerprint density at radius 2 is 1.92 bits per heavy atom. The fourth-order valence-corrected chi connectivity index (χ4v) is 2.21. The van der Waals surface area contributed by atoms with Gasteiger partial charge in [-0.15, -0.1) is 0 Å². The molecule has 1 aromatic rings. The summed E-state index contributed by atoms with van der Waals surface area (Å²) < 4.78 is 4.91. The average Bonchev–Trinajstić information content (AvgIpc) is 2.60. The number of hydrogen-bond donors (Lipinski definition) is 3. The number of carbonyl (C=O) groups is 3. The number of rotatable bonds is 8. The summed E-state index contributed by atoms with van der Waals surface area (Å²) in [6, 6.07) is 6.51. The second-order valence-electron chi connectivity index (χ2n) is 5.31. The van der Waals surface area contributed by atoms with Crippen molar-refractivity contribution in [2.75, 3.05) is 38.4 Å². The third kappa shape index (κ3) is 5.04. The molecule has 8 heteroatoms. The molecule has 1 fully saturated rings. The second kappa shape index (κ2) is 8.99. The molecule has 1 heterocycles. The molecular formula is C16H22N4O4. The normalized spacial score (nSPS) is 14.5. The molecule has 0 unspecified atom stereocenters. The van der Waals surface area contributed by atoms with E-state index in [1.165, 1.54) is 5.01 Å². The van der Waals surface area contributed by atoms with Crippen molar-refractivity contribution in [2.24, 2.45) is 0 Å². The lowest BCUT2D eigenvalue weighted by Gasteiger charge is -2.27. The van der Waals surface area contributed by atoms with Gasteiger partial charge in [0.25, 0.3) is 5.91 Å². The third-order valence-corrected chi connectivity index (χ3v) is 3.51. The second-order valence-corrected chi connectivity index (χ2v) is 5.31. The molecule has 1 aliphatic heterocycles. The largest absolute Gasteiger partial charge is 0.383 e. The topological polar surface area (TPSA) is 99.8 Å². The monoisotopic (exact) mass is 334 g/mol. The summed E-state index contributed by atoms with van der Waals surface area (Å²) >= 11 is 0. The first-order valence-corrected chi connectivity index (χ1v) is 7.82. The molecular weight excluding hydrogens is 312 g/mol. The van der Waals surface area contributed by atoms with Crippen LogP contribution in [-0.2, 0) is 14.3 Å². The number of ether oxygens (including phenoxy) is 1. The molecule has 0 radical (unpaired) electrons. The van der Waals surface area contributed by atoms with Crippen LogP contribution in [0.4, 0.5) is 5.69 Å². The van der Waals surface area contributed by atoms with Crippen molar-refractivity contribution in [1.82, 2.24) is 16.1 Å².